The molecule has 0 radical (unpaired) electrons. The molecule has 0 amide bonds. The van der Waals surface area contributed by atoms with Crippen molar-refractivity contribution in [3.05, 3.63) is 0 Å². The molecule has 3 aliphatic rings. The molecule has 62 valence electrons. The lowest BCUT2D eigenvalue weighted by Crippen LogP contribution is -2.25. The van der Waals surface area contributed by atoms with Crippen molar-refractivity contribution in [2.75, 3.05) is 0 Å². The Labute approximate surface area is 66.5 Å². The second-order valence-corrected chi connectivity index (χ2v) is 4.40. The summed E-state index contributed by atoms with van der Waals surface area (Å²) in [6.07, 6.45) is 2.50. The first-order chi connectivity index (χ1) is 5.27. The molecule has 3 rings (SSSR count). The highest BCUT2D eigenvalue weighted by atomic mass is 16.6. The Hall–Kier alpha value is -0.0800. The second-order valence-electron chi connectivity index (χ2n) is 4.40. The molecule has 2 aliphatic carbocycles. The van der Waals surface area contributed by atoms with E-state index in [4.69, 9.17) is 4.74 Å². The third-order valence-corrected chi connectivity index (χ3v) is 4.08. The van der Waals surface area contributed by atoms with Crippen molar-refractivity contribution in [3.8, 4) is 0 Å². The average molecular weight is 154 g/mol. The lowest BCUT2D eigenvalue weighted by Gasteiger charge is -2.22. The maximum absolute atomic E-state index is 9.54. The van der Waals surface area contributed by atoms with E-state index in [2.05, 4.69) is 6.92 Å². The van der Waals surface area contributed by atoms with Crippen LogP contribution in [0.1, 0.15) is 19.8 Å². The lowest BCUT2D eigenvalue weighted by molar-refractivity contribution is -0.105. The monoisotopic (exact) mass is 154 g/mol. The SMILES string of the molecule is C[C@@H]1C2CC3OC(O)C1C3C2. The van der Waals surface area contributed by atoms with E-state index >= 15 is 0 Å². The van der Waals surface area contributed by atoms with Gasteiger partial charge in [-0.15, -0.1) is 0 Å². The first-order valence-electron chi connectivity index (χ1n) is 4.61. The van der Waals surface area contributed by atoms with Crippen LogP contribution in [0.2, 0.25) is 0 Å². The molecule has 2 heteroatoms. The summed E-state index contributed by atoms with van der Waals surface area (Å²) in [5.74, 6) is 2.73. The second kappa shape index (κ2) is 1.80. The largest absolute Gasteiger partial charge is 0.368 e. The predicted molar refractivity (Wildman–Crippen MR) is 39.7 cm³/mol. The molecule has 1 N–H and O–H groups in total. The van der Waals surface area contributed by atoms with Gasteiger partial charge in [-0.3, -0.25) is 0 Å². The first kappa shape index (κ1) is 6.44. The first-order valence-corrected chi connectivity index (χ1v) is 4.61. The van der Waals surface area contributed by atoms with Gasteiger partial charge in [-0.1, -0.05) is 6.92 Å². The highest BCUT2D eigenvalue weighted by Crippen LogP contribution is 2.58. The summed E-state index contributed by atoms with van der Waals surface area (Å²) in [5, 5.41) is 9.54. The normalized spacial score (nSPS) is 66.0. The predicted octanol–water partition coefficient (Wildman–Crippen LogP) is 0.996. The molecular formula is C9H14O2. The van der Waals surface area contributed by atoms with Crippen LogP contribution in [0.4, 0.5) is 0 Å². The minimum atomic E-state index is -0.438. The van der Waals surface area contributed by atoms with Crippen LogP contribution in [0.25, 0.3) is 0 Å². The molecule has 1 aliphatic heterocycles. The summed E-state index contributed by atoms with van der Waals surface area (Å²) in [7, 11) is 0. The molecule has 6 atom stereocenters. The van der Waals surface area contributed by atoms with Crippen LogP contribution in [-0.4, -0.2) is 17.5 Å². The van der Waals surface area contributed by atoms with Crippen molar-refractivity contribution in [1.29, 1.82) is 0 Å². The Morgan fingerprint density at radius 2 is 2.18 bits per heavy atom. The molecule has 3 fully saturated rings. The Kier molecular flexibility index (Phi) is 1.06. The maximum atomic E-state index is 9.54. The van der Waals surface area contributed by atoms with Crippen molar-refractivity contribution >= 4 is 0 Å². The molecule has 0 spiro atoms. The van der Waals surface area contributed by atoms with Gasteiger partial charge in [0, 0.05) is 5.92 Å². The smallest absolute Gasteiger partial charge is 0.158 e. The van der Waals surface area contributed by atoms with Gasteiger partial charge in [0.25, 0.3) is 0 Å². The van der Waals surface area contributed by atoms with Crippen molar-refractivity contribution in [2.45, 2.75) is 32.2 Å². The summed E-state index contributed by atoms with van der Waals surface area (Å²) < 4.78 is 5.47. The summed E-state index contributed by atoms with van der Waals surface area (Å²) in [4.78, 5) is 0. The van der Waals surface area contributed by atoms with Crippen LogP contribution in [0, 0.1) is 23.7 Å². The van der Waals surface area contributed by atoms with Crippen molar-refractivity contribution in [1.82, 2.24) is 0 Å². The van der Waals surface area contributed by atoms with E-state index in [1.807, 2.05) is 0 Å². The molecule has 2 bridgehead atoms. The minimum Gasteiger partial charge on any atom is -0.368 e. The van der Waals surface area contributed by atoms with Gasteiger partial charge in [-0.05, 0) is 30.6 Å². The van der Waals surface area contributed by atoms with E-state index in [1.54, 1.807) is 0 Å². The van der Waals surface area contributed by atoms with Crippen molar-refractivity contribution < 1.29 is 9.84 Å². The standard InChI is InChI=1S/C9H14O2/c1-4-5-2-6-7(3-5)11-9(10)8(4)6/h4-10H,2-3H2,1H3/t4-,5?,6?,7?,8?,9?/m1/s1. The number of fused-ring (bicyclic) bond motifs is 1. The number of rotatable bonds is 0. The van der Waals surface area contributed by atoms with Crippen LogP contribution in [0.3, 0.4) is 0 Å². The third kappa shape index (κ3) is 0.611. The maximum Gasteiger partial charge on any atom is 0.158 e. The van der Waals surface area contributed by atoms with E-state index < -0.39 is 6.29 Å². The summed E-state index contributed by atoms with van der Waals surface area (Å²) in [6, 6.07) is 0. The van der Waals surface area contributed by atoms with Crippen LogP contribution >= 0.6 is 0 Å². The van der Waals surface area contributed by atoms with Gasteiger partial charge < -0.3 is 9.84 Å². The van der Waals surface area contributed by atoms with Gasteiger partial charge in [0.2, 0.25) is 0 Å². The minimum absolute atomic E-state index is 0.413. The number of aliphatic hydroxyl groups is 1. The van der Waals surface area contributed by atoms with Gasteiger partial charge in [-0.25, -0.2) is 0 Å². The lowest BCUT2D eigenvalue weighted by atomic mass is 9.81. The Morgan fingerprint density at radius 3 is 2.82 bits per heavy atom. The Morgan fingerprint density at radius 1 is 1.36 bits per heavy atom. The van der Waals surface area contributed by atoms with Gasteiger partial charge in [-0.2, -0.15) is 0 Å². The van der Waals surface area contributed by atoms with Gasteiger partial charge in [0.1, 0.15) is 0 Å². The highest BCUT2D eigenvalue weighted by molar-refractivity contribution is 5.04. The summed E-state index contributed by atoms with van der Waals surface area (Å²) in [6.45, 7) is 2.27. The molecular weight excluding hydrogens is 140 g/mol. The van der Waals surface area contributed by atoms with E-state index in [9.17, 15) is 5.11 Å². The van der Waals surface area contributed by atoms with Crippen LogP contribution < -0.4 is 0 Å². The molecule has 0 aromatic rings. The molecule has 0 aromatic carbocycles. The number of aliphatic hydroxyl groups excluding tert-OH is 1. The summed E-state index contributed by atoms with van der Waals surface area (Å²) >= 11 is 0. The molecule has 0 aromatic heterocycles. The zero-order valence-electron chi connectivity index (χ0n) is 6.73. The van der Waals surface area contributed by atoms with Crippen molar-refractivity contribution in [3.63, 3.8) is 0 Å². The average Bonchev–Trinajstić information content (AvgIpc) is 2.47. The number of hydrogen-bond donors (Lipinski definition) is 1. The van der Waals surface area contributed by atoms with E-state index in [0.717, 1.165) is 5.92 Å². The number of hydrogen-bond acceptors (Lipinski definition) is 2. The molecule has 1 saturated heterocycles. The molecule has 5 unspecified atom stereocenters. The van der Waals surface area contributed by atoms with Crippen LogP contribution in [-0.2, 0) is 4.74 Å². The van der Waals surface area contributed by atoms with Crippen molar-refractivity contribution in [2.24, 2.45) is 23.7 Å². The third-order valence-electron chi connectivity index (χ3n) is 4.08. The fourth-order valence-corrected chi connectivity index (χ4v) is 3.51. The zero-order chi connectivity index (χ0) is 7.59. The molecule has 2 nitrogen and oxygen atoms in total. The highest BCUT2D eigenvalue weighted by Gasteiger charge is 2.59. The summed E-state index contributed by atoms with van der Waals surface area (Å²) in [5.41, 5.74) is 0. The van der Waals surface area contributed by atoms with Crippen LogP contribution in [0.15, 0.2) is 0 Å². The molecule has 11 heavy (non-hydrogen) atoms. The van der Waals surface area contributed by atoms with E-state index in [-0.39, 0.29) is 0 Å². The Balaban J connectivity index is 1.99. The van der Waals surface area contributed by atoms with E-state index in [1.165, 1.54) is 12.8 Å². The molecule has 2 saturated carbocycles. The fraction of sp³-hybridized carbons (Fsp3) is 1.00. The van der Waals surface area contributed by atoms with E-state index in [0.29, 0.717) is 23.9 Å². The van der Waals surface area contributed by atoms with Crippen LogP contribution in [0.5, 0.6) is 0 Å². The zero-order valence-corrected chi connectivity index (χ0v) is 6.73. The topological polar surface area (TPSA) is 29.5 Å². The number of ether oxygens (including phenoxy) is 1. The van der Waals surface area contributed by atoms with Gasteiger partial charge >= 0.3 is 0 Å². The van der Waals surface area contributed by atoms with Gasteiger partial charge in [0.05, 0.1) is 6.10 Å². The molecule has 1 heterocycles. The quantitative estimate of drug-likeness (QED) is 0.564. The fourth-order valence-electron chi connectivity index (χ4n) is 3.51. The Bertz CT molecular complexity index is 186. The van der Waals surface area contributed by atoms with Gasteiger partial charge in [0.15, 0.2) is 6.29 Å².